The van der Waals surface area contributed by atoms with Crippen LogP contribution < -0.4 is 5.26 Å². The smallest absolute Gasteiger partial charge is 0.160 e. The first-order chi connectivity index (χ1) is 11.7. The van der Waals surface area contributed by atoms with Gasteiger partial charge < -0.3 is 19.6 Å². The van der Waals surface area contributed by atoms with Crippen molar-refractivity contribution in [3.63, 3.8) is 0 Å². The van der Waals surface area contributed by atoms with E-state index in [0.717, 1.165) is 50.2 Å². The Bertz CT molecular complexity index is 373. The van der Waals surface area contributed by atoms with Crippen LogP contribution in [0.3, 0.4) is 0 Å². The number of rotatable bonds is 12. The normalized spacial score (nSPS) is 33.8. The summed E-state index contributed by atoms with van der Waals surface area (Å²) >= 11 is 0. The Hall–Kier alpha value is -0.620. The number of ether oxygens (including phenoxy) is 2. The van der Waals surface area contributed by atoms with Gasteiger partial charge in [-0.2, -0.15) is 0 Å². The Morgan fingerprint density at radius 1 is 0.917 bits per heavy atom. The van der Waals surface area contributed by atoms with Crippen LogP contribution in [-0.2, 0) is 19.4 Å². The quantitative estimate of drug-likeness (QED) is 0.237. The molecular formula is C19H31O5-. The molecule has 4 rings (SSSR count). The third-order valence-electron chi connectivity index (χ3n) is 6.07. The summed E-state index contributed by atoms with van der Waals surface area (Å²) in [7, 11) is 0. The standard InChI is InChI=1S/C19H32O5/c1-15(23-24-20)13-21-5-3-2-4-6-22-14-19-10-16-7-17(11-19)9-18(8-16)12-19/h16-18,20H,1-14H2/p-1. The first kappa shape index (κ1) is 18.2. The largest absolute Gasteiger partial charge is 0.682 e. The lowest BCUT2D eigenvalue weighted by Gasteiger charge is -2.56. The van der Waals surface area contributed by atoms with Gasteiger partial charge in [-0.05, 0) is 81.0 Å². The molecule has 4 fully saturated rings. The lowest BCUT2D eigenvalue weighted by atomic mass is 9.50. The van der Waals surface area contributed by atoms with E-state index in [2.05, 4.69) is 16.5 Å². The Labute approximate surface area is 145 Å². The maximum atomic E-state index is 9.72. The van der Waals surface area contributed by atoms with Crippen LogP contribution in [0.1, 0.15) is 57.8 Å². The van der Waals surface area contributed by atoms with Crippen molar-refractivity contribution in [3.8, 4) is 0 Å². The van der Waals surface area contributed by atoms with Crippen LogP contribution in [0.4, 0.5) is 0 Å². The van der Waals surface area contributed by atoms with E-state index in [-0.39, 0.29) is 12.4 Å². The van der Waals surface area contributed by atoms with Crippen molar-refractivity contribution < 1.29 is 24.7 Å². The van der Waals surface area contributed by atoms with Crippen LogP contribution in [0.5, 0.6) is 0 Å². The number of hydrogen-bond acceptors (Lipinski definition) is 5. The second kappa shape index (κ2) is 8.65. The van der Waals surface area contributed by atoms with Crippen molar-refractivity contribution in [2.45, 2.75) is 57.8 Å². The van der Waals surface area contributed by atoms with Gasteiger partial charge in [0.2, 0.25) is 0 Å². The predicted molar refractivity (Wildman–Crippen MR) is 87.4 cm³/mol. The van der Waals surface area contributed by atoms with E-state index >= 15 is 0 Å². The molecule has 0 saturated heterocycles. The average molecular weight is 339 g/mol. The first-order valence-corrected chi connectivity index (χ1v) is 9.49. The molecule has 0 aromatic heterocycles. The molecule has 0 amide bonds. The topological polar surface area (TPSA) is 60.0 Å². The molecule has 4 saturated carbocycles. The summed E-state index contributed by atoms with van der Waals surface area (Å²) in [6, 6.07) is 0. The van der Waals surface area contributed by atoms with E-state index in [0.29, 0.717) is 12.0 Å². The van der Waals surface area contributed by atoms with E-state index in [1.165, 1.54) is 38.5 Å². The monoisotopic (exact) mass is 339 g/mol. The zero-order valence-electron chi connectivity index (χ0n) is 14.7. The molecule has 0 N–H and O–H groups in total. The summed E-state index contributed by atoms with van der Waals surface area (Å²) in [5.41, 5.74) is 0.530. The Morgan fingerprint density at radius 3 is 2.08 bits per heavy atom. The highest BCUT2D eigenvalue weighted by Gasteiger charge is 2.50. The van der Waals surface area contributed by atoms with Crippen LogP contribution in [0.2, 0.25) is 0 Å². The van der Waals surface area contributed by atoms with Gasteiger partial charge in [-0.3, -0.25) is 0 Å². The minimum absolute atomic E-state index is 0.198. The predicted octanol–water partition coefficient (Wildman–Crippen LogP) is 3.14. The van der Waals surface area contributed by atoms with Crippen LogP contribution in [-0.4, -0.2) is 26.4 Å². The van der Waals surface area contributed by atoms with Crippen molar-refractivity contribution in [1.29, 1.82) is 0 Å². The van der Waals surface area contributed by atoms with Gasteiger partial charge in [0.25, 0.3) is 0 Å². The maximum Gasteiger partial charge on any atom is 0.160 e. The van der Waals surface area contributed by atoms with Gasteiger partial charge in [0.15, 0.2) is 5.76 Å². The molecule has 0 unspecified atom stereocenters. The fourth-order valence-corrected chi connectivity index (χ4v) is 5.60. The van der Waals surface area contributed by atoms with Gasteiger partial charge in [0, 0.05) is 13.2 Å². The van der Waals surface area contributed by atoms with Crippen LogP contribution in [0, 0.1) is 23.2 Å². The second-order valence-electron chi connectivity index (χ2n) is 8.27. The summed E-state index contributed by atoms with van der Waals surface area (Å²) in [6.45, 7) is 6.17. The molecule has 5 nitrogen and oxygen atoms in total. The molecule has 0 spiro atoms. The summed E-state index contributed by atoms with van der Waals surface area (Å²) < 4.78 is 11.4. The summed E-state index contributed by atoms with van der Waals surface area (Å²) in [5, 5.41) is 13.0. The van der Waals surface area contributed by atoms with E-state index in [1.54, 1.807) is 0 Å². The summed E-state index contributed by atoms with van der Waals surface area (Å²) in [6.07, 6.45) is 11.9. The third-order valence-corrected chi connectivity index (χ3v) is 6.07. The highest BCUT2D eigenvalue weighted by Crippen LogP contribution is 2.60. The summed E-state index contributed by atoms with van der Waals surface area (Å²) in [4.78, 5) is 4.21. The maximum absolute atomic E-state index is 9.72. The van der Waals surface area contributed by atoms with E-state index < -0.39 is 0 Å². The second-order valence-corrected chi connectivity index (χ2v) is 8.27. The van der Waals surface area contributed by atoms with Crippen LogP contribution in [0.15, 0.2) is 12.3 Å². The van der Waals surface area contributed by atoms with Gasteiger partial charge in [-0.1, -0.05) is 6.58 Å². The van der Waals surface area contributed by atoms with E-state index in [9.17, 15) is 5.26 Å². The lowest BCUT2D eigenvalue weighted by molar-refractivity contribution is -0.793. The van der Waals surface area contributed by atoms with Crippen molar-refractivity contribution in [1.82, 2.24) is 0 Å². The molecular weight excluding hydrogens is 308 g/mol. The highest BCUT2D eigenvalue weighted by molar-refractivity contribution is 5.01. The molecule has 5 heteroatoms. The van der Waals surface area contributed by atoms with Crippen molar-refractivity contribution in [3.05, 3.63) is 12.3 Å². The van der Waals surface area contributed by atoms with Crippen molar-refractivity contribution in [2.75, 3.05) is 26.4 Å². The fourth-order valence-electron chi connectivity index (χ4n) is 5.60. The van der Waals surface area contributed by atoms with Crippen molar-refractivity contribution in [2.24, 2.45) is 23.2 Å². The Kier molecular flexibility index (Phi) is 6.56. The molecule has 0 aromatic carbocycles. The minimum atomic E-state index is 0.198. The SMILES string of the molecule is C=C(COCCCCCOCC12CC3CC(CC(C3)C1)C2)OO[O-]. The van der Waals surface area contributed by atoms with Gasteiger partial charge in [0.05, 0.1) is 6.61 Å². The first-order valence-electron chi connectivity index (χ1n) is 9.49. The van der Waals surface area contributed by atoms with Crippen LogP contribution in [0.25, 0.3) is 0 Å². The van der Waals surface area contributed by atoms with Gasteiger partial charge in [-0.15, -0.1) is 0 Å². The molecule has 0 atom stereocenters. The molecule has 4 aliphatic rings. The molecule has 0 aromatic rings. The fraction of sp³-hybridized carbons (Fsp3) is 0.895. The molecule has 0 aliphatic heterocycles. The molecule has 0 radical (unpaired) electrons. The van der Waals surface area contributed by atoms with Gasteiger partial charge in [-0.25, -0.2) is 5.04 Å². The lowest BCUT2D eigenvalue weighted by Crippen LogP contribution is -2.48. The van der Waals surface area contributed by atoms with Gasteiger partial charge >= 0.3 is 0 Å². The Morgan fingerprint density at radius 2 is 1.50 bits per heavy atom. The molecule has 4 bridgehead atoms. The minimum Gasteiger partial charge on any atom is -0.682 e. The van der Waals surface area contributed by atoms with E-state index in [1.807, 2.05) is 0 Å². The van der Waals surface area contributed by atoms with Gasteiger partial charge in [0.1, 0.15) is 6.61 Å². The zero-order chi connectivity index (χ0) is 16.8. The van der Waals surface area contributed by atoms with Crippen molar-refractivity contribution >= 4 is 0 Å². The number of unbranched alkanes of at least 4 members (excludes halogenated alkanes) is 2. The average Bonchev–Trinajstić information content (AvgIpc) is 2.52. The Balaban J connectivity index is 1.19. The molecule has 4 aliphatic carbocycles. The number of hydrogen-bond donors (Lipinski definition) is 0. The molecule has 0 heterocycles. The van der Waals surface area contributed by atoms with Crippen LogP contribution >= 0.6 is 0 Å². The molecule has 24 heavy (non-hydrogen) atoms. The molecule has 138 valence electrons. The zero-order valence-corrected chi connectivity index (χ0v) is 14.7. The summed E-state index contributed by atoms with van der Waals surface area (Å²) in [5.74, 6) is 3.21. The third kappa shape index (κ3) is 4.94. The van der Waals surface area contributed by atoms with E-state index in [4.69, 9.17) is 9.47 Å². The highest BCUT2D eigenvalue weighted by atomic mass is 17.5.